The van der Waals surface area contributed by atoms with E-state index < -0.39 is 5.97 Å². The Bertz CT molecular complexity index is 415. The Kier molecular flexibility index (Phi) is 5.10. The summed E-state index contributed by atoms with van der Waals surface area (Å²) in [6.45, 7) is 2.84. The molecule has 0 heterocycles. The van der Waals surface area contributed by atoms with E-state index in [0.29, 0.717) is 6.61 Å². The van der Waals surface area contributed by atoms with E-state index >= 15 is 0 Å². The number of esters is 1. The van der Waals surface area contributed by atoms with Gasteiger partial charge in [0.2, 0.25) is 0 Å². The smallest absolute Gasteiger partial charge is 0.384 e. The molecule has 1 aromatic rings. The molecule has 0 aliphatic rings. The van der Waals surface area contributed by atoms with Crippen molar-refractivity contribution in [2.45, 2.75) is 13.5 Å². The van der Waals surface area contributed by atoms with Gasteiger partial charge in [0.25, 0.3) is 0 Å². The first-order chi connectivity index (χ1) is 7.77. The van der Waals surface area contributed by atoms with Gasteiger partial charge in [-0.1, -0.05) is 24.1 Å². The highest BCUT2D eigenvalue weighted by Crippen LogP contribution is 2.06. The van der Waals surface area contributed by atoms with Crippen molar-refractivity contribution in [2.24, 2.45) is 0 Å². The topological polar surface area (TPSA) is 38.3 Å². The number of hydrogen-bond donors (Lipinski definition) is 1. The van der Waals surface area contributed by atoms with Gasteiger partial charge in [0.1, 0.15) is 0 Å². The molecule has 84 valence electrons. The van der Waals surface area contributed by atoms with Crippen LogP contribution in [0, 0.1) is 11.8 Å². The van der Waals surface area contributed by atoms with Gasteiger partial charge in [-0.05, 0) is 25.6 Å². The summed E-state index contributed by atoms with van der Waals surface area (Å²) in [5.41, 5.74) is 1.92. The Morgan fingerprint density at radius 3 is 2.88 bits per heavy atom. The van der Waals surface area contributed by atoms with Crippen molar-refractivity contribution in [3.05, 3.63) is 35.4 Å². The van der Waals surface area contributed by atoms with Gasteiger partial charge in [-0.2, -0.15) is 0 Å². The van der Waals surface area contributed by atoms with Gasteiger partial charge in [0, 0.05) is 18.0 Å². The fourth-order valence-corrected chi connectivity index (χ4v) is 1.27. The number of rotatable bonds is 3. The lowest BCUT2D eigenvalue weighted by atomic mass is 10.1. The second kappa shape index (κ2) is 6.65. The van der Waals surface area contributed by atoms with Gasteiger partial charge in [-0.25, -0.2) is 4.79 Å². The van der Waals surface area contributed by atoms with Gasteiger partial charge in [0.05, 0.1) is 6.61 Å². The third kappa shape index (κ3) is 3.76. The highest BCUT2D eigenvalue weighted by atomic mass is 16.5. The molecule has 1 N–H and O–H groups in total. The molecule has 1 aromatic carbocycles. The highest BCUT2D eigenvalue weighted by molar-refractivity contribution is 5.89. The predicted molar refractivity (Wildman–Crippen MR) is 62.7 cm³/mol. The van der Waals surface area contributed by atoms with Crippen molar-refractivity contribution in [3.63, 3.8) is 0 Å². The molecule has 0 unspecified atom stereocenters. The van der Waals surface area contributed by atoms with Crippen LogP contribution >= 0.6 is 0 Å². The number of carbonyl (C=O) groups excluding carboxylic acids is 1. The van der Waals surface area contributed by atoms with Gasteiger partial charge in [-0.15, -0.1) is 0 Å². The van der Waals surface area contributed by atoms with E-state index in [1.165, 1.54) is 0 Å². The largest absolute Gasteiger partial charge is 0.456 e. The average Bonchev–Trinajstić information content (AvgIpc) is 2.29. The summed E-state index contributed by atoms with van der Waals surface area (Å²) in [7, 11) is 1.87. The maximum Gasteiger partial charge on any atom is 0.384 e. The van der Waals surface area contributed by atoms with Crippen LogP contribution in [0.4, 0.5) is 0 Å². The molecule has 0 bridgehead atoms. The SMILES string of the molecule is CCOC(=O)C#Cc1ccccc1CNC. The fourth-order valence-electron chi connectivity index (χ4n) is 1.27. The number of nitrogens with one attached hydrogen (secondary N) is 1. The number of ether oxygens (including phenoxy) is 1. The molecule has 0 aliphatic carbocycles. The molecule has 0 aromatic heterocycles. The normalized spacial score (nSPS) is 9.12. The first-order valence-electron chi connectivity index (χ1n) is 5.19. The Morgan fingerprint density at radius 1 is 1.44 bits per heavy atom. The molecule has 1 rings (SSSR count). The van der Waals surface area contributed by atoms with Crippen LogP contribution in [0.15, 0.2) is 24.3 Å². The number of carbonyl (C=O) groups is 1. The van der Waals surface area contributed by atoms with Gasteiger partial charge >= 0.3 is 5.97 Å². The summed E-state index contributed by atoms with van der Waals surface area (Å²) in [4.78, 5) is 11.1. The van der Waals surface area contributed by atoms with Crippen LogP contribution in [0.1, 0.15) is 18.1 Å². The number of hydrogen-bond acceptors (Lipinski definition) is 3. The van der Waals surface area contributed by atoms with Crippen LogP contribution in [0.2, 0.25) is 0 Å². The summed E-state index contributed by atoms with van der Waals surface area (Å²) < 4.78 is 4.74. The molecule has 3 heteroatoms. The quantitative estimate of drug-likeness (QED) is 0.613. The standard InChI is InChI=1S/C13H15NO2/c1-3-16-13(15)9-8-11-6-4-5-7-12(11)10-14-2/h4-7,14H,3,10H2,1-2H3. The van der Waals surface area contributed by atoms with Crippen molar-refractivity contribution in [1.29, 1.82) is 0 Å². The average molecular weight is 217 g/mol. The van der Waals surface area contributed by atoms with Crippen LogP contribution in [0.3, 0.4) is 0 Å². The van der Waals surface area contributed by atoms with E-state index in [4.69, 9.17) is 4.74 Å². The third-order valence-corrected chi connectivity index (χ3v) is 1.96. The van der Waals surface area contributed by atoms with Crippen molar-refractivity contribution in [3.8, 4) is 11.8 Å². The van der Waals surface area contributed by atoms with Crippen LogP contribution < -0.4 is 5.32 Å². The summed E-state index contributed by atoms with van der Waals surface area (Å²) in [5.74, 6) is 4.79. The third-order valence-electron chi connectivity index (χ3n) is 1.96. The number of benzene rings is 1. The zero-order valence-electron chi connectivity index (χ0n) is 9.54. The maximum absolute atomic E-state index is 11.1. The Morgan fingerprint density at radius 2 is 2.19 bits per heavy atom. The Balaban J connectivity index is 2.83. The molecule has 0 amide bonds. The molecule has 16 heavy (non-hydrogen) atoms. The second-order valence-corrected chi connectivity index (χ2v) is 3.16. The monoisotopic (exact) mass is 217 g/mol. The predicted octanol–water partition coefficient (Wildman–Crippen LogP) is 1.32. The Hall–Kier alpha value is -1.79. The van der Waals surface area contributed by atoms with Crippen LogP contribution in [0.25, 0.3) is 0 Å². The minimum absolute atomic E-state index is 0.353. The zero-order chi connectivity index (χ0) is 11.8. The van der Waals surface area contributed by atoms with E-state index in [9.17, 15) is 4.79 Å². The fraction of sp³-hybridized carbons (Fsp3) is 0.308. The first-order valence-corrected chi connectivity index (χ1v) is 5.19. The van der Waals surface area contributed by atoms with Crippen molar-refractivity contribution >= 4 is 5.97 Å². The van der Waals surface area contributed by atoms with Gasteiger partial charge < -0.3 is 10.1 Å². The molecule has 0 saturated heterocycles. The van der Waals surface area contributed by atoms with E-state index in [0.717, 1.165) is 17.7 Å². The van der Waals surface area contributed by atoms with E-state index in [1.54, 1.807) is 6.92 Å². The minimum Gasteiger partial charge on any atom is -0.456 e. The summed E-state index contributed by atoms with van der Waals surface area (Å²) in [5, 5.41) is 3.05. The van der Waals surface area contributed by atoms with Gasteiger partial charge in [-0.3, -0.25) is 0 Å². The van der Waals surface area contributed by atoms with Crippen molar-refractivity contribution in [1.82, 2.24) is 5.32 Å². The Labute approximate surface area is 95.8 Å². The second-order valence-electron chi connectivity index (χ2n) is 3.16. The van der Waals surface area contributed by atoms with E-state index in [2.05, 4.69) is 17.2 Å². The lowest BCUT2D eigenvalue weighted by Gasteiger charge is -2.02. The molecule has 0 aliphatic heterocycles. The minimum atomic E-state index is -0.484. The highest BCUT2D eigenvalue weighted by Gasteiger charge is 1.98. The summed E-state index contributed by atoms with van der Waals surface area (Å²) in [6.07, 6.45) is 0. The van der Waals surface area contributed by atoms with E-state index in [1.807, 2.05) is 31.3 Å². The molecule has 0 atom stereocenters. The molecule has 0 radical (unpaired) electrons. The molecule has 0 spiro atoms. The first kappa shape index (κ1) is 12.3. The molecule has 0 fully saturated rings. The summed E-state index contributed by atoms with van der Waals surface area (Å²) in [6, 6.07) is 7.71. The van der Waals surface area contributed by atoms with Crippen molar-refractivity contribution in [2.75, 3.05) is 13.7 Å². The van der Waals surface area contributed by atoms with Crippen LogP contribution in [0.5, 0.6) is 0 Å². The van der Waals surface area contributed by atoms with E-state index in [-0.39, 0.29) is 0 Å². The van der Waals surface area contributed by atoms with Gasteiger partial charge in [0.15, 0.2) is 0 Å². The zero-order valence-corrected chi connectivity index (χ0v) is 9.54. The lowest BCUT2D eigenvalue weighted by molar-refractivity contribution is -0.136. The molecule has 3 nitrogen and oxygen atoms in total. The lowest BCUT2D eigenvalue weighted by Crippen LogP contribution is -2.06. The van der Waals surface area contributed by atoms with Crippen LogP contribution in [-0.4, -0.2) is 19.6 Å². The molecule has 0 saturated carbocycles. The van der Waals surface area contributed by atoms with Crippen molar-refractivity contribution < 1.29 is 9.53 Å². The maximum atomic E-state index is 11.1. The van der Waals surface area contributed by atoms with Crippen LogP contribution in [-0.2, 0) is 16.1 Å². The summed E-state index contributed by atoms with van der Waals surface area (Å²) >= 11 is 0. The molecular formula is C13H15NO2. The molecular weight excluding hydrogens is 202 g/mol.